The zero-order valence-electron chi connectivity index (χ0n) is 9.54. The second-order valence-corrected chi connectivity index (χ2v) is 4.18. The molecular weight excluding hydrogens is 192 g/mol. The Balaban J connectivity index is 2.26. The average Bonchev–Trinajstić information content (AvgIpc) is 2.29. The summed E-state index contributed by atoms with van der Waals surface area (Å²) in [5.74, 6) is 0.333. The van der Waals surface area contributed by atoms with E-state index in [0.29, 0.717) is 0 Å². The summed E-state index contributed by atoms with van der Waals surface area (Å²) in [6.07, 6.45) is 4.01. The number of amides is 1. The Morgan fingerprint density at radius 3 is 3.00 bits per heavy atom. The Morgan fingerprint density at radius 1 is 1.53 bits per heavy atom. The summed E-state index contributed by atoms with van der Waals surface area (Å²) in [6, 6.07) is 0. The minimum Gasteiger partial charge on any atom is -0.396 e. The highest BCUT2D eigenvalue weighted by Gasteiger charge is 2.24. The van der Waals surface area contributed by atoms with Crippen LogP contribution in [0.25, 0.3) is 0 Å². The maximum absolute atomic E-state index is 11.5. The molecule has 1 atom stereocenters. The number of likely N-dealkylation sites (tertiary alicyclic amines) is 1. The first kappa shape index (κ1) is 12.5. The lowest BCUT2D eigenvalue weighted by atomic mass is 9.97. The SMILES string of the molecule is CNC(=O)C1CCCN(CCCCO)C1. The maximum atomic E-state index is 11.5. The van der Waals surface area contributed by atoms with Crippen molar-refractivity contribution in [3.8, 4) is 0 Å². The highest BCUT2D eigenvalue weighted by Crippen LogP contribution is 2.16. The van der Waals surface area contributed by atoms with Crippen LogP contribution < -0.4 is 5.32 Å². The zero-order valence-corrected chi connectivity index (χ0v) is 9.54. The number of carbonyl (C=O) groups is 1. The summed E-state index contributed by atoms with van der Waals surface area (Å²) in [5, 5.41) is 11.4. The Bertz CT molecular complexity index is 197. The van der Waals surface area contributed by atoms with Crippen LogP contribution >= 0.6 is 0 Å². The number of nitrogens with zero attached hydrogens (tertiary/aromatic N) is 1. The number of aliphatic hydroxyl groups excluding tert-OH is 1. The molecule has 4 heteroatoms. The van der Waals surface area contributed by atoms with Crippen molar-refractivity contribution in [2.75, 3.05) is 33.3 Å². The molecule has 1 fully saturated rings. The van der Waals surface area contributed by atoms with Gasteiger partial charge in [0, 0.05) is 20.2 Å². The summed E-state index contributed by atoms with van der Waals surface area (Å²) >= 11 is 0. The molecule has 0 bridgehead atoms. The highest BCUT2D eigenvalue weighted by molar-refractivity contribution is 5.78. The molecule has 0 aromatic heterocycles. The van der Waals surface area contributed by atoms with E-state index in [2.05, 4.69) is 10.2 Å². The lowest BCUT2D eigenvalue weighted by molar-refractivity contribution is -0.126. The largest absolute Gasteiger partial charge is 0.396 e. The van der Waals surface area contributed by atoms with Crippen LogP contribution in [0.15, 0.2) is 0 Å². The minimum absolute atomic E-state index is 0.165. The Hall–Kier alpha value is -0.610. The Labute approximate surface area is 91.6 Å². The first-order valence-corrected chi connectivity index (χ1v) is 5.82. The number of aliphatic hydroxyl groups is 1. The summed E-state index contributed by atoms with van der Waals surface area (Å²) in [5.41, 5.74) is 0. The monoisotopic (exact) mass is 214 g/mol. The predicted octanol–water partition coefficient (Wildman–Crippen LogP) is 0.217. The number of hydrogen-bond donors (Lipinski definition) is 2. The molecule has 1 rings (SSSR count). The summed E-state index contributed by atoms with van der Waals surface area (Å²) < 4.78 is 0. The van der Waals surface area contributed by atoms with Crippen LogP contribution in [-0.4, -0.2) is 49.2 Å². The molecular formula is C11H22N2O2. The van der Waals surface area contributed by atoms with Gasteiger partial charge in [-0.3, -0.25) is 4.79 Å². The minimum atomic E-state index is 0.165. The molecule has 88 valence electrons. The van der Waals surface area contributed by atoms with Gasteiger partial charge in [0.05, 0.1) is 5.92 Å². The molecule has 0 radical (unpaired) electrons. The molecule has 1 amide bonds. The lowest BCUT2D eigenvalue weighted by Gasteiger charge is -2.31. The summed E-state index contributed by atoms with van der Waals surface area (Å²) in [6.45, 7) is 3.25. The van der Waals surface area contributed by atoms with Gasteiger partial charge in [-0.25, -0.2) is 0 Å². The number of hydrogen-bond acceptors (Lipinski definition) is 3. The van der Waals surface area contributed by atoms with Crippen molar-refractivity contribution in [1.82, 2.24) is 10.2 Å². The standard InChI is InChI=1S/C11H22N2O2/c1-12-11(15)10-5-4-7-13(9-10)6-2-3-8-14/h10,14H,2-9H2,1H3,(H,12,15). The quantitative estimate of drug-likeness (QED) is 0.644. The van der Waals surface area contributed by atoms with Gasteiger partial charge in [0.2, 0.25) is 5.91 Å². The van der Waals surface area contributed by atoms with Gasteiger partial charge in [-0.1, -0.05) is 0 Å². The molecule has 4 nitrogen and oxygen atoms in total. The third kappa shape index (κ3) is 4.18. The van der Waals surface area contributed by atoms with E-state index in [9.17, 15) is 4.79 Å². The van der Waals surface area contributed by atoms with Crippen LogP contribution in [0.4, 0.5) is 0 Å². The fourth-order valence-corrected chi connectivity index (χ4v) is 2.12. The molecule has 15 heavy (non-hydrogen) atoms. The molecule has 1 aliphatic rings. The van der Waals surface area contributed by atoms with Crippen LogP contribution in [0.3, 0.4) is 0 Å². The lowest BCUT2D eigenvalue weighted by Crippen LogP contribution is -2.42. The van der Waals surface area contributed by atoms with Crippen LogP contribution in [0.1, 0.15) is 25.7 Å². The van der Waals surface area contributed by atoms with Crippen molar-refractivity contribution < 1.29 is 9.90 Å². The van der Waals surface area contributed by atoms with Gasteiger partial charge >= 0.3 is 0 Å². The average molecular weight is 214 g/mol. The predicted molar refractivity (Wildman–Crippen MR) is 59.6 cm³/mol. The van der Waals surface area contributed by atoms with E-state index in [1.54, 1.807) is 7.05 Å². The van der Waals surface area contributed by atoms with Gasteiger partial charge < -0.3 is 15.3 Å². The van der Waals surface area contributed by atoms with E-state index >= 15 is 0 Å². The molecule has 0 aromatic rings. The van der Waals surface area contributed by atoms with E-state index in [4.69, 9.17) is 5.11 Å². The van der Waals surface area contributed by atoms with Crippen LogP contribution in [0.2, 0.25) is 0 Å². The fourth-order valence-electron chi connectivity index (χ4n) is 2.12. The third-order valence-corrected chi connectivity index (χ3v) is 3.01. The first-order valence-electron chi connectivity index (χ1n) is 5.82. The van der Waals surface area contributed by atoms with Crippen LogP contribution in [-0.2, 0) is 4.79 Å². The van der Waals surface area contributed by atoms with Crippen molar-refractivity contribution in [3.05, 3.63) is 0 Å². The molecule has 1 heterocycles. The molecule has 0 aromatic carbocycles. The molecule has 2 N–H and O–H groups in total. The van der Waals surface area contributed by atoms with Crippen molar-refractivity contribution >= 4 is 5.91 Å². The molecule has 0 spiro atoms. The van der Waals surface area contributed by atoms with E-state index in [1.807, 2.05) is 0 Å². The molecule has 0 aliphatic carbocycles. The van der Waals surface area contributed by atoms with Gasteiger partial charge in [0.1, 0.15) is 0 Å². The number of nitrogens with one attached hydrogen (secondary N) is 1. The number of piperidine rings is 1. The van der Waals surface area contributed by atoms with E-state index in [-0.39, 0.29) is 18.4 Å². The van der Waals surface area contributed by atoms with Gasteiger partial charge in [0.15, 0.2) is 0 Å². The number of rotatable bonds is 5. The molecule has 1 unspecified atom stereocenters. The van der Waals surface area contributed by atoms with Gasteiger partial charge in [-0.2, -0.15) is 0 Å². The topological polar surface area (TPSA) is 52.6 Å². The van der Waals surface area contributed by atoms with Crippen LogP contribution in [0.5, 0.6) is 0 Å². The van der Waals surface area contributed by atoms with Crippen molar-refractivity contribution in [1.29, 1.82) is 0 Å². The van der Waals surface area contributed by atoms with E-state index in [0.717, 1.165) is 45.3 Å². The maximum Gasteiger partial charge on any atom is 0.224 e. The highest BCUT2D eigenvalue weighted by atomic mass is 16.2. The molecule has 1 saturated heterocycles. The smallest absolute Gasteiger partial charge is 0.224 e. The first-order chi connectivity index (χ1) is 7.27. The Kier molecular flexibility index (Phi) is 5.65. The molecule has 0 saturated carbocycles. The van der Waals surface area contributed by atoms with Crippen LogP contribution in [0, 0.1) is 5.92 Å². The van der Waals surface area contributed by atoms with Gasteiger partial charge in [-0.05, 0) is 38.8 Å². The van der Waals surface area contributed by atoms with Gasteiger partial charge in [-0.15, -0.1) is 0 Å². The molecule has 1 aliphatic heterocycles. The van der Waals surface area contributed by atoms with Gasteiger partial charge in [0.25, 0.3) is 0 Å². The number of carbonyl (C=O) groups excluding carboxylic acids is 1. The van der Waals surface area contributed by atoms with E-state index in [1.165, 1.54) is 0 Å². The normalized spacial score (nSPS) is 22.7. The Morgan fingerprint density at radius 2 is 2.33 bits per heavy atom. The van der Waals surface area contributed by atoms with Crippen molar-refractivity contribution in [2.24, 2.45) is 5.92 Å². The second kappa shape index (κ2) is 6.80. The number of unbranched alkanes of at least 4 members (excludes halogenated alkanes) is 1. The second-order valence-electron chi connectivity index (χ2n) is 4.18. The zero-order chi connectivity index (χ0) is 11.1. The summed E-state index contributed by atoms with van der Waals surface area (Å²) in [7, 11) is 1.70. The van der Waals surface area contributed by atoms with Crippen molar-refractivity contribution in [2.45, 2.75) is 25.7 Å². The van der Waals surface area contributed by atoms with E-state index < -0.39 is 0 Å². The third-order valence-electron chi connectivity index (χ3n) is 3.01. The fraction of sp³-hybridized carbons (Fsp3) is 0.909. The summed E-state index contributed by atoms with van der Waals surface area (Å²) in [4.78, 5) is 13.8. The van der Waals surface area contributed by atoms with Crippen molar-refractivity contribution in [3.63, 3.8) is 0 Å².